The third-order valence-electron chi connectivity index (χ3n) is 2.85. The van der Waals surface area contributed by atoms with Crippen LogP contribution in [0.2, 0.25) is 10.0 Å². The van der Waals surface area contributed by atoms with Crippen molar-refractivity contribution >= 4 is 34.2 Å². The van der Waals surface area contributed by atoms with Crippen molar-refractivity contribution in [2.24, 2.45) is 0 Å². The van der Waals surface area contributed by atoms with Crippen molar-refractivity contribution in [2.75, 3.05) is 7.11 Å². The van der Waals surface area contributed by atoms with Crippen molar-refractivity contribution in [3.8, 4) is 0 Å². The van der Waals surface area contributed by atoms with Crippen LogP contribution in [-0.4, -0.2) is 13.2 Å². The molecule has 0 aliphatic heterocycles. The Morgan fingerprint density at radius 3 is 2.68 bits per heavy atom. The highest BCUT2D eigenvalue weighted by molar-refractivity contribution is 6.38. The number of hydrogen-bond donors (Lipinski definition) is 1. The minimum atomic E-state index is 0.377. The van der Waals surface area contributed by atoms with Gasteiger partial charge in [-0.1, -0.05) is 37.0 Å². The Morgan fingerprint density at radius 2 is 2.05 bits per heavy atom. The molecule has 0 radical (unpaired) electrons. The van der Waals surface area contributed by atoms with Crippen molar-refractivity contribution in [2.45, 2.75) is 33.0 Å². The van der Waals surface area contributed by atoms with E-state index in [1.165, 1.54) is 0 Å². The lowest BCUT2D eigenvalue weighted by atomic mass is 10.1. The predicted octanol–water partition coefficient (Wildman–Crippen LogP) is 4.38. The number of nitrogens with one attached hydrogen (secondary N) is 1. The van der Waals surface area contributed by atoms with E-state index in [9.17, 15) is 0 Å². The van der Waals surface area contributed by atoms with Gasteiger partial charge in [0.05, 0.1) is 18.2 Å². The van der Waals surface area contributed by atoms with Crippen LogP contribution in [0.25, 0.3) is 11.0 Å². The van der Waals surface area contributed by atoms with E-state index in [0.717, 1.165) is 16.7 Å². The average molecular weight is 302 g/mol. The van der Waals surface area contributed by atoms with Crippen molar-refractivity contribution in [1.29, 1.82) is 0 Å². The number of rotatable bonds is 5. The molecule has 1 N–H and O–H groups in total. The molecule has 2 rings (SSSR count). The molecule has 0 saturated carbocycles. The first-order valence-corrected chi connectivity index (χ1v) is 6.90. The summed E-state index contributed by atoms with van der Waals surface area (Å²) < 4.78 is 11.1. The minimum Gasteiger partial charge on any atom is -0.459 e. The number of ether oxygens (including phenoxy) is 1. The van der Waals surface area contributed by atoms with E-state index >= 15 is 0 Å². The van der Waals surface area contributed by atoms with Crippen LogP contribution in [0.3, 0.4) is 0 Å². The molecular weight excluding hydrogens is 285 g/mol. The van der Waals surface area contributed by atoms with Gasteiger partial charge in [-0.15, -0.1) is 0 Å². The second-order valence-electron chi connectivity index (χ2n) is 4.73. The van der Waals surface area contributed by atoms with E-state index in [2.05, 4.69) is 19.2 Å². The van der Waals surface area contributed by atoms with Crippen LogP contribution in [0, 0.1) is 0 Å². The van der Waals surface area contributed by atoms with Crippen LogP contribution in [0.5, 0.6) is 0 Å². The van der Waals surface area contributed by atoms with Crippen molar-refractivity contribution < 1.29 is 9.15 Å². The molecule has 0 amide bonds. The van der Waals surface area contributed by atoms with Gasteiger partial charge in [-0.05, 0) is 6.07 Å². The maximum Gasteiger partial charge on any atom is 0.137 e. The molecule has 0 aliphatic rings. The fraction of sp³-hybridized carbons (Fsp3) is 0.429. The Labute approximate surface area is 122 Å². The van der Waals surface area contributed by atoms with Crippen LogP contribution in [-0.2, 0) is 17.9 Å². The normalized spacial score (nSPS) is 11.7. The maximum absolute atomic E-state index is 6.26. The first kappa shape index (κ1) is 14.7. The number of furan rings is 1. The Morgan fingerprint density at radius 1 is 1.32 bits per heavy atom. The SMILES string of the molecule is COCc1c(CNC(C)C)oc2cc(Cl)cc(Cl)c12. The topological polar surface area (TPSA) is 34.4 Å². The number of hydrogen-bond acceptors (Lipinski definition) is 3. The molecule has 0 fully saturated rings. The Balaban J connectivity index is 2.50. The second kappa shape index (κ2) is 6.14. The van der Waals surface area contributed by atoms with E-state index in [1.54, 1.807) is 19.2 Å². The third-order valence-corrected chi connectivity index (χ3v) is 3.37. The number of fused-ring (bicyclic) bond motifs is 1. The summed E-state index contributed by atoms with van der Waals surface area (Å²) in [5, 5.41) is 5.37. The highest BCUT2D eigenvalue weighted by Gasteiger charge is 2.17. The zero-order valence-electron chi connectivity index (χ0n) is 11.2. The molecule has 0 aliphatic carbocycles. The van der Waals surface area contributed by atoms with Gasteiger partial charge in [-0.25, -0.2) is 0 Å². The summed E-state index contributed by atoms with van der Waals surface area (Å²) in [4.78, 5) is 0. The van der Waals surface area contributed by atoms with E-state index in [4.69, 9.17) is 32.4 Å². The minimum absolute atomic E-state index is 0.377. The van der Waals surface area contributed by atoms with Gasteiger partial charge in [0.15, 0.2) is 0 Å². The average Bonchev–Trinajstić information content (AvgIpc) is 2.65. The summed E-state index contributed by atoms with van der Waals surface area (Å²) in [6, 6.07) is 3.88. The number of benzene rings is 1. The van der Waals surface area contributed by atoms with Crippen LogP contribution in [0.1, 0.15) is 25.2 Å². The highest BCUT2D eigenvalue weighted by atomic mass is 35.5. The standard InChI is InChI=1S/C14H17Cl2NO2/c1-8(2)17-6-13-10(7-18-3)14-11(16)4-9(15)5-12(14)19-13/h4-5,8,17H,6-7H2,1-3H3. The zero-order valence-corrected chi connectivity index (χ0v) is 12.7. The lowest BCUT2D eigenvalue weighted by Gasteiger charge is -2.07. The van der Waals surface area contributed by atoms with Gasteiger partial charge < -0.3 is 14.5 Å². The van der Waals surface area contributed by atoms with Crippen molar-refractivity contribution in [1.82, 2.24) is 5.32 Å². The molecule has 1 heterocycles. The van der Waals surface area contributed by atoms with Gasteiger partial charge in [-0.2, -0.15) is 0 Å². The quantitative estimate of drug-likeness (QED) is 0.890. The fourth-order valence-corrected chi connectivity index (χ4v) is 2.58. The van der Waals surface area contributed by atoms with E-state index in [-0.39, 0.29) is 0 Å². The van der Waals surface area contributed by atoms with Gasteiger partial charge >= 0.3 is 0 Å². The Kier molecular flexibility index (Phi) is 4.74. The summed E-state index contributed by atoms with van der Waals surface area (Å²) in [6.07, 6.45) is 0. The molecule has 3 nitrogen and oxygen atoms in total. The first-order valence-electron chi connectivity index (χ1n) is 6.14. The molecule has 1 aromatic heterocycles. The molecule has 19 heavy (non-hydrogen) atoms. The smallest absolute Gasteiger partial charge is 0.137 e. The molecule has 5 heteroatoms. The molecule has 2 aromatic rings. The molecule has 0 atom stereocenters. The number of halogens is 2. The van der Waals surface area contributed by atoms with E-state index in [0.29, 0.717) is 34.8 Å². The molecule has 104 valence electrons. The van der Waals surface area contributed by atoms with Gasteiger partial charge in [0.1, 0.15) is 11.3 Å². The Hall–Kier alpha value is -0.740. The van der Waals surface area contributed by atoms with Crippen LogP contribution in [0.15, 0.2) is 16.5 Å². The van der Waals surface area contributed by atoms with Gasteiger partial charge in [0.25, 0.3) is 0 Å². The van der Waals surface area contributed by atoms with Gasteiger partial charge in [-0.3, -0.25) is 0 Å². The molecule has 0 unspecified atom stereocenters. The van der Waals surface area contributed by atoms with E-state index < -0.39 is 0 Å². The van der Waals surface area contributed by atoms with Crippen LogP contribution >= 0.6 is 23.2 Å². The maximum atomic E-state index is 6.26. The summed E-state index contributed by atoms with van der Waals surface area (Å²) in [6.45, 7) is 5.27. The Bertz CT molecular complexity index is 578. The second-order valence-corrected chi connectivity index (χ2v) is 5.58. The van der Waals surface area contributed by atoms with Crippen LogP contribution in [0.4, 0.5) is 0 Å². The summed E-state index contributed by atoms with van der Waals surface area (Å²) in [7, 11) is 1.66. The fourth-order valence-electron chi connectivity index (χ4n) is 1.99. The molecule has 0 saturated heterocycles. The summed E-state index contributed by atoms with van der Waals surface area (Å²) in [5.74, 6) is 0.842. The van der Waals surface area contributed by atoms with Crippen molar-refractivity contribution in [3.05, 3.63) is 33.5 Å². The van der Waals surface area contributed by atoms with Gasteiger partial charge in [0, 0.05) is 35.2 Å². The summed E-state index contributed by atoms with van der Waals surface area (Å²) >= 11 is 12.3. The lowest BCUT2D eigenvalue weighted by molar-refractivity contribution is 0.183. The molecular formula is C14H17Cl2NO2. The van der Waals surface area contributed by atoms with Gasteiger partial charge in [0.2, 0.25) is 0 Å². The summed E-state index contributed by atoms with van der Waals surface area (Å²) in [5.41, 5.74) is 1.68. The first-order chi connectivity index (χ1) is 9.02. The molecule has 0 spiro atoms. The molecule has 0 bridgehead atoms. The highest BCUT2D eigenvalue weighted by Crippen LogP contribution is 2.35. The third kappa shape index (κ3) is 3.23. The zero-order chi connectivity index (χ0) is 14.0. The van der Waals surface area contributed by atoms with E-state index in [1.807, 2.05) is 0 Å². The lowest BCUT2D eigenvalue weighted by Crippen LogP contribution is -2.22. The van der Waals surface area contributed by atoms with Crippen LogP contribution < -0.4 is 5.32 Å². The monoisotopic (exact) mass is 301 g/mol. The number of methoxy groups -OCH3 is 1. The largest absolute Gasteiger partial charge is 0.459 e. The molecule has 1 aromatic carbocycles. The van der Waals surface area contributed by atoms with Crippen molar-refractivity contribution in [3.63, 3.8) is 0 Å². The predicted molar refractivity (Wildman–Crippen MR) is 78.9 cm³/mol.